The van der Waals surface area contributed by atoms with Gasteiger partial charge in [0.25, 0.3) is 10.2 Å². The molecule has 1 amide bonds. The van der Waals surface area contributed by atoms with Crippen molar-refractivity contribution in [1.29, 1.82) is 0 Å². The summed E-state index contributed by atoms with van der Waals surface area (Å²) in [4.78, 5) is 15.0. The molecule has 0 saturated carbocycles. The molecule has 2 atom stereocenters. The van der Waals surface area contributed by atoms with Crippen LogP contribution in [-0.2, 0) is 15.0 Å². The Balaban J connectivity index is 1.34. The van der Waals surface area contributed by atoms with Crippen LogP contribution in [-0.4, -0.2) is 80.2 Å². The zero-order valence-corrected chi connectivity index (χ0v) is 19.1. The molecule has 0 unspecified atom stereocenters. The second-order valence-corrected chi connectivity index (χ2v) is 11.4. The lowest BCUT2D eigenvalue weighted by Gasteiger charge is -2.36. The maximum Gasteiger partial charge on any atom is 0.281 e. The third kappa shape index (κ3) is 6.39. The van der Waals surface area contributed by atoms with Crippen LogP contribution in [0.15, 0.2) is 0 Å². The van der Waals surface area contributed by atoms with Gasteiger partial charge in [-0.25, -0.2) is 0 Å². The van der Waals surface area contributed by atoms with Crippen molar-refractivity contribution in [3.8, 4) is 0 Å². The summed E-state index contributed by atoms with van der Waals surface area (Å²) < 4.78 is 28.8. The standard InChI is InChI=1S/C21H40N4O3S/c1-18-15-19(2)17-23(16-18)10-6-9-22-21(26)20-7-13-25(14-8-20)29(27,28)24-11-4-3-5-12-24/h18-20H,3-17H2,1-2H3,(H,22,26)/t18-,19-/m0/s1. The molecule has 0 aromatic heterocycles. The Hall–Kier alpha value is -0.700. The van der Waals surface area contributed by atoms with Gasteiger partial charge in [0.15, 0.2) is 0 Å². The zero-order valence-electron chi connectivity index (χ0n) is 18.3. The number of carbonyl (C=O) groups is 1. The minimum atomic E-state index is -3.35. The summed E-state index contributed by atoms with van der Waals surface area (Å²) in [6.07, 6.45) is 6.57. The molecular weight excluding hydrogens is 388 g/mol. The summed E-state index contributed by atoms with van der Waals surface area (Å²) in [5, 5.41) is 3.09. The molecule has 3 aliphatic heterocycles. The van der Waals surface area contributed by atoms with E-state index < -0.39 is 10.2 Å². The van der Waals surface area contributed by atoms with E-state index in [9.17, 15) is 13.2 Å². The van der Waals surface area contributed by atoms with Crippen LogP contribution in [0, 0.1) is 17.8 Å². The summed E-state index contributed by atoms with van der Waals surface area (Å²) in [7, 11) is -3.35. The van der Waals surface area contributed by atoms with E-state index in [0.717, 1.165) is 44.1 Å². The van der Waals surface area contributed by atoms with E-state index >= 15 is 0 Å². The van der Waals surface area contributed by atoms with E-state index in [1.54, 1.807) is 8.61 Å². The SMILES string of the molecule is C[C@H]1C[C@H](C)CN(CCCNC(=O)C2CCN(S(=O)(=O)N3CCCCC3)CC2)C1. The predicted molar refractivity (Wildman–Crippen MR) is 116 cm³/mol. The maximum absolute atomic E-state index is 12.8. The van der Waals surface area contributed by atoms with Gasteiger partial charge in [0.05, 0.1) is 0 Å². The van der Waals surface area contributed by atoms with Crippen molar-refractivity contribution in [2.75, 3.05) is 52.4 Å². The molecule has 1 N–H and O–H groups in total. The van der Waals surface area contributed by atoms with E-state index in [4.69, 9.17) is 0 Å². The molecule has 3 aliphatic rings. The molecule has 3 fully saturated rings. The van der Waals surface area contributed by atoms with Gasteiger partial charge < -0.3 is 10.2 Å². The molecule has 3 rings (SSSR count). The lowest BCUT2D eigenvalue weighted by molar-refractivity contribution is -0.126. The van der Waals surface area contributed by atoms with Gasteiger partial charge in [-0.1, -0.05) is 20.3 Å². The maximum atomic E-state index is 12.8. The normalized spacial score (nSPS) is 29.0. The van der Waals surface area contributed by atoms with E-state index in [-0.39, 0.29) is 11.8 Å². The number of nitrogens with one attached hydrogen (secondary N) is 1. The minimum absolute atomic E-state index is 0.0576. The molecule has 3 saturated heterocycles. The van der Waals surface area contributed by atoms with Gasteiger partial charge in [0.1, 0.15) is 0 Å². The van der Waals surface area contributed by atoms with Gasteiger partial charge in [0.2, 0.25) is 5.91 Å². The summed E-state index contributed by atoms with van der Waals surface area (Å²) in [5.41, 5.74) is 0. The first-order chi connectivity index (χ1) is 13.9. The lowest BCUT2D eigenvalue weighted by Crippen LogP contribution is -2.50. The molecule has 3 heterocycles. The zero-order chi connectivity index (χ0) is 20.9. The summed E-state index contributed by atoms with van der Waals surface area (Å²) in [6.45, 7) is 10.9. The molecule has 168 valence electrons. The molecule has 29 heavy (non-hydrogen) atoms. The lowest BCUT2D eigenvalue weighted by atomic mass is 9.92. The molecule has 0 aromatic rings. The summed E-state index contributed by atoms with van der Waals surface area (Å²) >= 11 is 0. The third-order valence-corrected chi connectivity index (χ3v) is 8.72. The number of rotatable bonds is 7. The van der Waals surface area contributed by atoms with Crippen LogP contribution in [0.5, 0.6) is 0 Å². The second kappa shape index (κ2) is 10.6. The Kier molecular flexibility index (Phi) is 8.36. The minimum Gasteiger partial charge on any atom is -0.356 e. The number of nitrogens with zero attached hydrogens (tertiary/aromatic N) is 3. The van der Waals surface area contributed by atoms with Crippen LogP contribution < -0.4 is 5.32 Å². The fourth-order valence-corrected chi connectivity index (χ4v) is 6.96. The van der Waals surface area contributed by atoms with Crippen LogP contribution in [0.4, 0.5) is 0 Å². The monoisotopic (exact) mass is 428 g/mol. The smallest absolute Gasteiger partial charge is 0.281 e. The van der Waals surface area contributed by atoms with Crippen LogP contribution in [0.1, 0.15) is 58.8 Å². The fraction of sp³-hybridized carbons (Fsp3) is 0.952. The van der Waals surface area contributed by atoms with Crippen LogP contribution in [0.25, 0.3) is 0 Å². The summed E-state index contributed by atoms with van der Waals surface area (Å²) in [6, 6.07) is 0. The van der Waals surface area contributed by atoms with Crippen molar-refractivity contribution in [2.45, 2.75) is 58.8 Å². The largest absolute Gasteiger partial charge is 0.356 e. The highest BCUT2D eigenvalue weighted by atomic mass is 32.2. The predicted octanol–water partition coefficient (Wildman–Crippen LogP) is 1.91. The van der Waals surface area contributed by atoms with Gasteiger partial charge in [-0.3, -0.25) is 4.79 Å². The van der Waals surface area contributed by atoms with E-state index in [1.165, 1.54) is 19.5 Å². The van der Waals surface area contributed by atoms with Gasteiger partial charge in [-0.05, 0) is 56.9 Å². The Morgan fingerprint density at radius 1 is 0.931 bits per heavy atom. The highest BCUT2D eigenvalue weighted by molar-refractivity contribution is 7.86. The third-order valence-electron chi connectivity index (χ3n) is 6.69. The van der Waals surface area contributed by atoms with Gasteiger partial charge >= 0.3 is 0 Å². The first-order valence-corrected chi connectivity index (χ1v) is 13.0. The number of likely N-dealkylation sites (tertiary alicyclic amines) is 1. The Labute approximate surface area is 177 Å². The number of hydrogen-bond acceptors (Lipinski definition) is 4. The van der Waals surface area contributed by atoms with Crippen molar-refractivity contribution in [1.82, 2.24) is 18.8 Å². The quantitative estimate of drug-likeness (QED) is 0.629. The number of hydrogen-bond donors (Lipinski definition) is 1. The second-order valence-electron chi connectivity index (χ2n) is 9.49. The van der Waals surface area contributed by atoms with Crippen molar-refractivity contribution in [3.05, 3.63) is 0 Å². The molecular formula is C21H40N4O3S. The van der Waals surface area contributed by atoms with Gasteiger partial charge in [-0.15, -0.1) is 0 Å². The molecule has 7 nitrogen and oxygen atoms in total. The average molecular weight is 429 g/mol. The van der Waals surface area contributed by atoms with Crippen molar-refractivity contribution in [2.24, 2.45) is 17.8 Å². The van der Waals surface area contributed by atoms with Crippen molar-refractivity contribution >= 4 is 16.1 Å². The van der Waals surface area contributed by atoms with E-state index in [1.807, 2.05) is 0 Å². The van der Waals surface area contributed by atoms with Crippen molar-refractivity contribution < 1.29 is 13.2 Å². The Morgan fingerprint density at radius 3 is 2.14 bits per heavy atom. The number of amides is 1. The topological polar surface area (TPSA) is 73.0 Å². The van der Waals surface area contributed by atoms with Gasteiger partial charge in [-0.2, -0.15) is 17.0 Å². The molecule has 0 bridgehead atoms. The van der Waals surface area contributed by atoms with E-state index in [0.29, 0.717) is 45.6 Å². The molecule has 0 aromatic carbocycles. The van der Waals surface area contributed by atoms with E-state index in [2.05, 4.69) is 24.1 Å². The number of piperidine rings is 3. The first kappa shape index (κ1) is 23.0. The molecule has 0 aliphatic carbocycles. The fourth-order valence-electron chi connectivity index (χ4n) is 5.24. The first-order valence-electron chi connectivity index (χ1n) is 11.6. The molecule has 0 radical (unpaired) electrons. The Bertz CT molecular complexity index is 618. The number of carbonyl (C=O) groups excluding carboxylic acids is 1. The van der Waals surface area contributed by atoms with Crippen LogP contribution in [0.2, 0.25) is 0 Å². The molecule has 0 spiro atoms. The Morgan fingerprint density at radius 2 is 1.52 bits per heavy atom. The van der Waals surface area contributed by atoms with Gasteiger partial charge in [0, 0.05) is 51.7 Å². The van der Waals surface area contributed by atoms with Crippen LogP contribution in [0.3, 0.4) is 0 Å². The highest BCUT2D eigenvalue weighted by Gasteiger charge is 2.35. The molecule has 8 heteroatoms. The summed E-state index contributed by atoms with van der Waals surface area (Å²) in [5.74, 6) is 1.57. The highest BCUT2D eigenvalue weighted by Crippen LogP contribution is 2.24. The van der Waals surface area contributed by atoms with Crippen molar-refractivity contribution in [3.63, 3.8) is 0 Å². The van der Waals surface area contributed by atoms with Crippen LogP contribution >= 0.6 is 0 Å². The average Bonchev–Trinajstić information content (AvgIpc) is 2.71.